The van der Waals surface area contributed by atoms with E-state index < -0.39 is 0 Å². The van der Waals surface area contributed by atoms with Gasteiger partial charge in [-0.2, -0.15) is 0 Å². The number of carbonyl (C=O) groups is 1. The first kappa shape index (κ1) is 12.8. The summed E-state index contributed by atoms with van der Waals surface area (Å²) in [6.45, 7) is 3.86. The highest BCUT2D eigenvalue weighted by Crippen LogP contribution is 2.18. The maximum atomic E-state index is 12.2. The summed E-state index contributed by atoms with van der Waals surface area (Å²) in [6, 6.07) is 5.06. The van der Waals surface area contributed by atoms with Crippen LogP contribution in [0.25, 0.3) is 11.1 Å². The van der Waals surface area contributed by atoms with Gasteiger partial charge in [0.1, 0.15) is 5.52 Å². The first-order valence-corrected chi connectivity index (χ1v) is 7.07. The highest BCUT2D eigenvalue weighted by atomic mass is 32.1. The Kier molecular flexibility index (Phi) is 3.23. The third-order valence-corrected chi connectivity index (χ3v) is 3.81. The number of benzene rings is 1. The van der Waals surface area contributed by atoms with Gasteiger partial charge in [-0.15, -0.1) is 11.3 Å². The standard InChI is InChI=1S/C14H13N3O2S/c1-8(12-6-20-9(2)17-12)16-14(18)10-3-4-13-11(5-10)15-7-19-13/h3-8H,1-2H3,(H,16,18). The number of aryl methyl sites for hydroxylation is 1. The molecule has 0 fully saturated rings. The molecule has 3 aromatic rings. The molecular weight excluding hydrogens is 274 g/mol. The minimum atomic E-state index is -0.145. The molecule has 2 heterocycles. The van der Waals surface area contributed by atoms with Crippen molar-refractivity contribution in [3.8, 4) is 0 Å². The molecule has 20 heavy (non-hydrogen) atoms. The van der Waals surface area contributed by atoms with Gasteiger partial charge in [-0.3, -0.25) is 4.79 Å². The fraction of sp³-hybridized carbons (Fsp3) is 0.214. The SMILES string of the molecule is Cc1nc(C(C)NC(=O)c2ccc3ocnc3c2)cs1. The van der Waals surface area contributed by atoms with Crippen molar-refractivity contribution in [1.82, 2.24) is 15.3 Å². The molecule has 0 bridgehead atoms. The van der Waals surface area contributed by atoms with E-state index in [2.05, 4.69) is 15.3 Å². The van der Waals surface area contributed by atoms with Gasteiger partial charge < -0.3 is 9.73 Å². The molecule has 3 rings (SSSR count). The van der Waals surface area contributed by atoms with Crippen LogP contribution in [-0.2, 0) is 0 Å². The summed E-state index contributed by atoms with van der Waals surface area (Å²) < 4.78 is 5.15. The molecule has 0 aliphatic rings. The average molecular weight is 287 g/mol. The summed E-state index contributed by atoms with van der Waals surface area (Å²) in [6.07, 6.45) is 1.37. The first-order chi connectivity index (χ1) is 9.63. The molecule has 0 aliphatic heterocycles. The smallest absolute Gasteiger partial charge is 0.251 e. The zero-order valence-corrected chi connectivity index (χ0v) is 11.9. The number of carbonyl (C=O) groups excluding carboxylic acids is 1. The number of oxazole rings is 1. The molecule has 6 heteroatoms. The maximum absolute atomic E-state index is 12.2. The highest BCUT2D eigenvalue weighted by Gasteiger charge is 2.14. The van der Waals surface area contributed by atoms with Crippen LogP contribution in [0.5, 0.6) is 0 Å². The largest absolute Gasteiger partial charge is 0.443 e. The maximum Gasteiger partial charge on any atom is 0.251 e. The van der Waals surface area contributed by atoms with E-state index in [9.17, 15) is 4.79 Å². The van der Waals surface area contributed by atoms with Crippen LogP contribution < -0.4 is 5.32 Å². The van der Waals surface area contributed by atoms with Crippen molar-refractivity contribution >= 4 is 28.3 Å². The molecule has 2 aromatic heterocycles. The molecule has 1 atom stereocenters. The van der Waals surface area contributed by atoms with Crippen molar-refractivity contribution < 1.29 is 9.21 Å². The Labute approximate surface area is 119 Å². The Hall–Kier alpha value is -2.21. The van der Waals surface area contributed by atoms with E-state index >= 15 is 0 Å². The lowest BCUT2D eigenvalue weighted by Gasteiger charge is -2.11. The Balaban J connectivity index is 1.78. The van der Waals surface area contributed by atoms with E-state index in [1.54, 1.807) is 29.5 Å². The summed E-state index contributed by atoms with van der Waals surface area (Å²) in [5.41, 5.74) is 2.79. The third kappa shape index (κ3) is 2.42. The predicted molar refractivity (Wildman–Crippen MR) is 76.7 cm³/mol. The second kappa shape index (κ2) is 5.05. The lowest BCUT2D eigenvalue weighted by Crippen LogP contribution is -2.26. The van der Waals surface area contributed by atoms with Gasteiger partial charge in [0.2, 0.25) is 0 Å². The average Bonchev–Trinajstić information content (AvgIpc) is 3.05. The third-order valence-electron chi connectivity index (χ3n) is 3.02. The fourth-order valence-corrected chi connectivity index (χ4v) is 2.64. The first-order valence-electron chi connectivity index (χ1n) is 6.19. The topological polar surface area (TPSA) is 68.0 Å². The van der Waals surface area contributed by atoms with Gasteiger partial charge in [0.05, 0.1) is 16.7 Å². The van der Waals surface area contributed by atoms with Crippen LogP contribution in [0.3, 0.4) is 0 Å². The van der Waals surface area contributed by atoms with Crippen molar-refractivity contribution in [1.29, 1.82) is 0 Å². The number of thiazole rings is 1. The number of rotatable bonds is 3. The van der Waals surface area contributed by atoms with E-state index in [1.807, 2.05) is 19.2 Å². The van der Waals surface area contributed by atoms with Gasteiger partial charge in [0.25, 0.3) is 5.91 Å². The van der Waals surface area contributed by atoms with E-state index in [1.165, 1.54) is 6.39 Å². The number of amides is 1. The normalized spacial score (nSPS) is 12.5. The van der Waals surface area contributed by atoms with Crippen LogP contribution in [0.15, 0.2) is 34.4 Å². The molecule has 102 valence electrons. The van der Waals surface area contributed by atoms with Crippen molar-refractivity contribution in [2.45, 2.75) is 19.9 Å². The van der Waals surface area contributed by atoms with Crippen molar-refractivity contribution in [3.63, 3.8) is 0 Å². The molecular formula is C14H13N3O2S. The lowest BCUT2D eigenvalue weighted by molar-refractivity contribution is 0.0939. The number of aromatic nitrogens is 2. The van der Waals surface area contributed by atoms with Gasteiger partial charge >= 0.3 is 0 Å². The quantitative estimate of drug-likeness (QED) is 0.803. The van der Waals surface area contributed by atoms with E-state index in [4.69, 9.17) is 4.42 Å². The molecule has 1 aromatic carbocycles. The monoisotopic (exact) mass is 287 g/mol. The number of nitrogens with zero attached hydrogens (tertiary/aromatic N) is 2. The summed E-state index contributed by atoms with van der Waals surface area (Å²) >= 11 is 1.57. The second-order valence-electron chi connectivity index (χ2n) is 4.52. The number of hydrogen-bond acceptors (Lipinski definition) is 5. The number of fused-ring (bicyclic) bond motifs is 1. The second-order valence-corrected chi connectivity index (χ2v) is 5.58. The van der Waals surface area contributed by atoms with Crippen molar-refractivity contribution in [2.75, 3.05) is 0 Å². The number of hydrogen-bond donors (Lipinski definition) is 1. The molecule has 1 N–H and O–H groups in total. The summed E-state index contributed by atoms with van der Waals surface area (Å²) in [5, 5.41) is 5.88. The molecule has 0 aliphatic carbocycles. The fourth-order valence-electron chi connectivity index (χ4n) is 1.93. The van der Waals surface area contributed by atoms with Crippen LogP contribution in [-0.4, -0.2) is 15.9 Å². The van der Waals surface area contributed by atoms with Crippen molar-refractivity contribution in [2.24, 2.45) is 0 Å². The summed E-state index contributed by atoms with van der Waals surface area (Å²) in [5.74, 6) is -0.145. The highest BCUT2D eigenvalue weighted by molar-refractivity contribution is 7.09. The van der Waals surface area contributed by atoms with Gasteiger partial charge in [-0.05, 0) is 32.0 Å². The van der Waals surface area contributed by atoms with Crippen LogP contribution in [0.4, 0.5) is 0 Å². The molecule has 0 saturated carbocycles. The van der Waals surface area contributed by atoms with Gasteiger partial charge in [0, 0.05) is 10.9 Å². The molecule has 0 saturated heterocycles. The minimum absolute atomic E-state index is 0.125. The Morgan fingerprint density at radius 2 is 2.30 bits per heavy atom. The van der Waals surface area contributed by atoms with Gasteiger partial charge in [-0.1, -0.05) is 0 Å². The molecule has 1 unspecified atom stereocenters. The lowest BCUT2D eigenvalue weighted by atomic mass is 10.1. The zero-order chi connectivity index (χ0) is 14.1. The Morgan fingerprint density at radius 1 is 1.45 bits per heavy atom. The Morgan fingerprint density at radius 3 is 3.05 bits per heavy atom. The Bertz CT molecular complexity index is 762. The van der Waals surface area contributed by atoms with Crippen molar-refractivity contribution in [3.05, 3.63) is 46.2 Å². The molecule has 0 spiro atoms. The van der Waals surface area contributed by atoms with Crippen LogP contribution >= 0.6 is 11.3 Å². The molecule has 0 radical (unpaired) electrons. The van der Waals surface area contributed by atoms with E-state index in [0.29, 0.717) is 16.7 Å². The molecule has 1 amide bonds. The number of nitrogens with one attached hydrogen (secondary N) is 1. The van der Waals surface area contributed by atoms with Crippen LogP contribution in [0.1, 0.15) is 34.0 Å². The predicted octanol–water partition coefficient (Wildman–Crippen LogP) is 3.08. The molecule has 5 nitrogen and oxygen atoms in total. The zero-order valence-electron chi connectivity index (χ0n) is 11.1. The van der Waals surface area contributed by atoms with E-state index in [0.717, 1.165) is 10.7 Å². The van der Waals surface area contributed by atoms with Gasteiger partial charge in [0.15, 0.2) is 12.0 Å². The summed E-state index contributed by atoms with van der Waals surface area (Å²) in [4.78, 5) is 20.6. The van der Waals surface area contributed by atoms with Crippen LogP contribution in [0, 0.1) is 6.92 Å². The van der Waals surface area contributed by atoms with E-state index in [-0.39, 0.29) is 11.9 Å². The van der Waals surface area contributed by atoms with Crippen LogP contribution in [0.2, 0.25) is 0 Å². The summed E-state index contributed by atoms with van der Waals surface area (Å²) in [7, 11) is 0. The minimum Gasteiger partial charge on any atom is -0.443 e. The van der Waals surface area contributed by atoms with Gasteiger partial charge in [-0.25, -0.2) is 9.97 Å².